The Labute approximate surface area is 225 Å². The molecule has 3 N–H and O–H groups in total. The van der Waals surface area contributed by atoms with Crippen molar-refractivity contribution in [1.29, 1.82) is 0 Å². The number of hydrogen-bond acceptors (Lipinski definition) is 4. The zero-order valence-corrected chi connectivity index (χ0v) is 21.9. The molecule has 9 heteroatoms. The van der Waals surface area contributed by atoms with Crippen molar-refractivity contribution in [3.05, 3.63) is 76.1 Å². The summed E-state index contributed by atoms with van der Waals surface area (Å²) in [6.45, 7) is 4.19. The van der Waals surface area contributed by atoms with E-state index >= 15 is 0 Å². The van der Waals surface area contributed by atoms with Crippen molar-refractivity contribution in [2.24, 2.45) is 0 Å². The minimum Gasteiger partial charge on any atom is -0.388 e. The van der Waals surface area contributed by atoms with E-state index in [1.165, 1.54) is 12.1 Å². The second kappa shape index (κ2) is 9.43. The van der Waals surface area contributed by atoms with Crippen LogP contribution in [0.3, 0.4) is 0 Å². The summed E-state index contributed by atoms with van der Waals surface area (Å²) in [7, 11) is 2.03. The molecule has 202 valence electrons. The maximum absolute atomic E-state index is 14.8. The van der Waals surface area contributed by atoms with Crippen molar-refractivity contribution in [3.63, 3.8) is 0 Å². The molecule has 1 fully saturated rings. The molecule has 3 aromatic rings. The van der Waals surface area contributed by atoms with Crippen LogP contribution in [0.4, 0.5) is 14.5 Å². The molecule has 6 rings (SSSR count). The Kier molecular flexibility index (Phi) is 6.15. The number of halogens is 2. The Morgan fingerprint density at radius 1 is 1.03 bits per heavy atom. The van der Waals surface area contributed by atoms with E-state index in [9.17, 15) is 23.5 Å². The highest BCUT2D eigenvalue weighted by Crippen LogP contribution is 2.42. The largest absolute Gasteiger partial charge is 0.388 e. The Bertz CT molecular complexity index is 1540. The highest BCUT2D eigenvalue weighted by atomic mass is 19.2. The molecule has 3 aliphatic rings. The number of carbonyl (C=O) groups excluding carboxylic acids is 2. The predicted octanol–water partition coefficient (Wildman–Crippen LogP) is 4.22. The molecule has 7 nitrogen and oxygen atoms in total. The van der Waals surface area contributed by atoms with Gasteiger partial charge in [-0.2, -0.15) is 0 Å². The van der Waals surface area contributed by atoms with Gasteiger partial charge in [0.15, 0.2) is 11.6 Å². The molecular formula is C30H30F2N4O3. The van der Waals surface area contributed by atoms with E-state index in [-0.39, 0.29) is 17.4 Å². The number of nitrogens with one attached hydrogen (secondary N) is 2. The number of aromatic amines is 1. The number of amides is 2. The van der Waals surface area contributed by atoms with Gasteiger partial charge in [0, 0.05) is 60.8 Å². The molecule has 3 aliphatic heterocycles. The fraction of sp³-hybridized carbons (Fsp3) is 0.333. The van der Waals surface area contributed by atoms with Crippen LogP contribution in [0.1, 0.15) is 45.7 Å². The summed E-state index contributed by atoms with van der Waals surface area (Å²) < 4.78 is 28.8. The van der Waals surface area contributed by atoms with E-state index in [0.29, 0.717) is 71.6 Å². The molecule has 0 atom stereocenters. The lowest BCUT2D eigenvalue weighted by atomic mass is 9.90. The summed E-state index contributed by atoms with van der Waals surface area (Å²) in [4.78, 5) is 33.8. The minimum absolute atomic E-state index is 0.0643. The van der Waals surface area contributed by atoms with Gasteiger partial charge in [-0.25, -0.2) is 8.78 Å². The molecule has 2 amide bonds. The Hall–Kier alpha value is -3.82. The van der Waals surface area contributed by atoms with Crippen LogP contribution in [-0.2, 0) is 11.2 Å². The number of piperidine rings is 1. The molecule has 1 aromatic heterocycles. The zero-order chi connectivity index (χ0) is 27.5. The van der Waals surface area contributed by atoms with Crippen molar-refractivity contribution < 1.29 is 23.5 Å². The molecule has 0 unspecified atom stereocenters. The lowest BCUT2D eigenvalue weighted by Crippen LogP contribution is -2.52. The molecule has 39 heavy (non-hydrogen) atoms. The van der Waals surface area contributed by atoms with E-state index in [2.05, 4.69) is 15.2 Å². The lowest BCUT2D eigenvalue weighted by molar-refractivity contribution is -0.110. The molecule has 1 saturated heterocycles. The van der Waals surface area contributed by atoms with Crippen LogP contribution < -0.4 is 5.32 Å². The van der Waals surface area contributed by atoms with E-state index in [1.807, 2.05) is 14.0 Å². The number of β-amino-alcohol motifs (C(OH)–C–C–N with tert-alkyl or cyclic N) is 1. The van der Waals surface area contributed by atoms with Crippen molar-refractivity contribution >= 4 is 29.2 Å². The topological polar surface area (TPSA) is 88.7 Å². The summed E-state index contributed by atoms with van der Waals surface area (Å²) in [5.41, 5.74) is 3.53. The zero-order valence-electron chi connectivity index (χ0n) is 21.9. The van der Waals surface area contributed by atoms with Crippen LogP contribution in [-0.4, -0.2) is 70.5 Å². The van der Waals surface area contributed by atoms with Crippen molar-refractivity contribution in [1.82, 2.24) is 14.8 Å². The van der Waals surface area contributed by atoms with Crippen LogP contribution in [0.2, 0.25) is 0 Å². The van der Waals surface area contributed by atoms with Gasteiger partial charge >= 0.3 is 0 Å². The van der Waals surface area contributed by atoms with Gasteiger partial charge in [0.05, 0.1) is 16.7 Å². The first-order valence-corrected chi connectivity index (χ1v) is 13.2. The molecule has 0 bridgehead atoms. The van der Waals surface area contributed by atoms with Crippen molar-refractivity contribution in [3.8, 4) is 11.1 Å². The maximum atomic E-state index is 14.8. The average Bonchev–Trinajstić information content (AvgIpc) is 3.41. The monoisotopic (exact) mass is 532 g/mol. The van der Waals surface area contributed by atoms with Gasteiger partial charge in [-0.15, -0.1) is 0 Å². The van der Waals surface area contributed by atoms with Gasteiger partial charge in [0.25, 0.3) is 11.8 Å². The quantitative estimate of drug-likeness (QED) is 0.439. The molecule has 0 saturated carbocycles. The third kappa shape index (κ3) is 4.35. The first-order valence-electron chi connectivity index (χ1n) is 13.2. The Morgan fingerprint density at radius 2 is 1.74 bits per heavy atom. The number of rotatable bonds is 4. The van der Waals surface area contributed by atoms with Crippen LogP contribution in [0.5, 0.6) is 0 Å². The number of benzene rings is 2. The fourth-order valence-corrected chi connectivity index (χ4v) is 5.97. The predicted molar refractivity (Wildman–Crippen MR) is 145 cm³/mol. The van der Waals surface area contributed by atoms with Gasteiger partial charge in [0.1, 0.15) is 0 Å². The minimum atomic E-state index is -0.979. The van der Waals surface area contributed by atoms with Gasteiger partial charge in [-0.1, -0.05) is 24.3 Å². The molecule has 2 aromatic carbocycles. The number of aromatic nitrogens is 1. The second-order valence-electron chi connectivity index (χ2n) is 10.9. The van der Waals surface area contributed by atoms with Gasteiger partial charge in [-0.3, -0.25) is 9.59 Å². The van der Waals surface area contributed by atoms with Gasteiger partial charge < -0.3 is 25.2 Å². The third-order valence-corrected chi connectivity index (χ3v) is 8.26. The summed E-state index contributed by atoms with van der Waals surface area (Å²) in [5, 5.41) is 13.9. The number of likely N-dealkylation sites (tertiary alicyclic amines) is 1. The first kappa shape index (κ1) is 25.5. The van der Waals surface area contributed by atoms with E-state index in [0.717, 1.165) is 24.8 Å². The third-order valence-electron chi connectivity index (χ3n) is 8.26. The molecule has 0 radical (unpaired) electrons. The second-order valence-corrected chi connectivity index (χ2v) is 10.9. The molecule has 0 aliphatic carbocycles. The lowest BCUT2D eigenvalue weighted by Gasteiger charge is -2.40. The standard InChI is InChI=1S/C30H30F2N4O3/c1-17-24(33-23-9-12-36(29(38)25(17)23)16-30(39)10-13-35(2)14-11-30)15-20-26-18(5-4-8-22(26)34-28(20)37)19-6-3-7-21(31)27(19)32/h3-8,15,33,39H,9-14,16H2,1-2H3,(H,34,37)/b20-15-. The number of anilines is 1. The SMILES string of the molecule is Cc1c(/C=C2\C(=O)Nc3cccc(-c4cccc(F)c4F)c32)[nH]c2c1C(=O)N(CC1(O)CCN(C)CC1)CC2. The Balaban J connectivity index is 1.35. The number of hydrogen-bond donors (Lipinski definition) is 3. The van der Waals surface area contributed by atoms with Crippen molar-refractivity contribution in [2.45, 2.75) is 31.8 Å². The number of fused-ring (bicyclic) bond motifs is 2. The maximum Gasteiger partial charge on any atom is 0.256 e. The first-order chi connectivity index (χ1) is 18.6. The smallest absolute Gasteiger partial charge is 0.256 e. The van der Waals surface area contributed by atoms with Gasteiger partial charge in [-0.05, 0) is 56.1 Å². The average molecular weight is 533 g/mol. The van der Waals surface area contributed by atoms with Crippen LogP contribution in [0, 0.1) is 18.6 Å². The number of H-pyrrole nitrogens is 1. The molecule has 0 spiro atoms. The molecule has 4 heterocycles. The molecular weight excluding hydrogens is 502 g/mol. The normalized spacial score (nSPS) is 19.8. The summed E-state index contributed by atoms with van der Waals surface area (Å²) in [6, 6.07) is 9.04. The van der Waals surface area contributed by atoms with Crippen LogP contribution in [0.15, 0.2) is 36.4 Å². The summed E-state index contributed by atoms with van der Waals surface area (Å²) >= 11 is 0. The van der Waals surface area contributed by atoms with E-state index in [4.69, 9.17) is 0 Å². The number of nitrogens with zero attached hydrogens (tertiary/aromatic N) is 2. The van der Waals surface area contributed by atoms with Crippen LogP contribution >= 0.6 is 0 Å². The highest BCUT2D eigenvalue weighted by molar-refractivity contribution is 6.36. The van der Waals surface area contributed by atoms with E-state index < -0.39 is 17.2 Å². The van der Waals surface area contributed by atoms with Crippen molar-refractivity contribution in [2.75, 3.05) is 38.5 Å². The number of aliphatic hydroxyl groups is 1. The van der Waals surface area contributed by atoms with Crippen LogP contribution in [0.25, 0.3) is 22.8 Å². The Morgan fingerprint density at radius 3 is 2.51 bits per heavy atom. The fourth-order valence-electron chi connectivity index (χ4n) is 5.97. The van der Waals surface area contributed by atoms with Gasteiger partial charge in [0.2, 0.25) is 0 Å². The van der Waals surface area contributed by atoms with E-state index in [1.54, 1.807) is 29.2 Å². The number of carbonyl (C=O) groups is 2. The highest BCUT2D eigenvalue weighted by Gasteiger charge is 2.38. The summed E-state index contributed by atoms with van der Waals surface area (Å²) in [6.07, 6.45) is 3.51. The summed E-state index contributed by atoms with van der Waals surface area (Å²) in [5.74, 6) is -2.44.